The molecule has 0 radical (unpaired) electrons. The number of carbonyl (C=O) groups is 2. The maximum atomic E-state index is 13.2. The van der Waals surface area contributed by atoms with Gasteiger partial charge in [-0.15, -0.1) is 0 Å². The van der Waals surface area contributed by atoms with Crippen molar-refractivity contribution in [3.05, 3.63) is 59.4 Å². The van der Waals surface area contributed by atoms with Crippen LogP contribution in [0, 0.1) is 19.7 Å². The Morgan fingerprint density at radius 3 is 2.03 bits per heavy atom. The highest BCUT2D eigenvalue weighted by Gasteiger charge is 2.28. The van der Waals surface area contributed by atoms with Gasteiger partial charge in [0.1, 0.15) is 32.0 Å². The lowest BCUT2D eigenvalue weighted by Gasteiger charge is -2.30. The molecular weight excluding hydrogens is 395 g/mol. The van der Waals surface area contributed by atoms with Crippen molar-refractivity contribution >= 4 is 23.2 Å². The molecule has 0 unspecified atom stereocenters. The number of rotatable bonds is 7. The van der Waals surface area contributed by atoms with Crippen molar-refractivity contribution in [2.45, 2.75) is 20.8 Å². The number of anilines is 2. The molecule has 0 spiro atoms. The van der Waals surface area contributed by atoms with E-state index >= 15 is 0 Å². The molecule has 7 heteroatoms. The van der Waals surface area contributed by atoms with Gasteiger partial charge in [-0.2, -0.15) is 0 Å². The number of hydrogen-bond donors (Lipinski definition) is 3. The maximum absolute atomic E-state index is 13.2. The van der Waals surface area contributed by atoms with Crippen LogP contribution in [0.1, 0.15) is 18.1 Å². The summed E-state index contributed by atoms with van der Waals surface area (Å²) in [5.41, 5.74) is 3.76. The second-order valence-corrected chi connectivity index (χ2v) is 8.28. The van der Waals surface area contributed by atoms with Gasteiger partial charge in [-0.1, -0.05) is 18.2 Å². The molecule has 0 aromatic heterocycles. The predicted octanol–water partition coefficient (Wildman–Crippen LogP) is 0.218. The molecule has 1 saturated heterocycles. The number of likely N-dealkylation sites (N-methyl/N-ethyl adjacent to an activating group) is 1. The second kappa shape index (κ2) is 10.5. The highest BCUT2D eigenvalue weighted by molar-refractivity contribution is 5.94. The normalized spacial score (nSPS) is 18.5. The van der Waals surface area contributed by atoms with Gasteiger partial charge in [0.25, 0.3) is 11.8 Å². The molecule has 0 atom stereocenters. The molecule has 0 aliphatic carbocycles. The third kappa shape index (κ3) is 6.12. The van der Waals surface area contributed by atoms with Crippen molar-refractivity contribution in [3.63, 3.8) is 0 Å². The molecule has 1 aliphatic rings. The van der Waals surface area contributed by atoms with Crippen molar-refractivity contribution in [1.29, 1.82) is 0 Å². The number of amides is 2. The summed E-state index contributed by atoms with van der Waals surface area (Å²) in [7, 11) is 0. The Bertz CT molecular complexity index is 888. The highest BCUT2D eigenvalue weighted by atomic mass is 19.1. The van der Waals surface area contributed by atoms with Crippen LogP contribution in [0.25, 0.3) is 0 Å². The van der Waals surface area contributed by atoms with Crippen LogP contribution in [0.2, 0.25) is 0 Å². The number of piperazine rings is 1. The third-order valence-corrected chi connectivity index (χ3v) is 5.98. The minimum absolute atomic E-state index is 0.0281. The summed E-state index contributed by atoms with van der Waals surface area (Å²) in [6.07, 6.45) is 0. The minimum atomic E-state index is -0.307. The van der Waals surface area contributed by atoms with Gasteiger partial charge >= 0.3 is 0 Å². The summed E-state index contributed by atoms with van der Waals surface area (Å²) < 4.78 is 13.2. The number of nitrogens with one attached hydrogen (secondary N) is 3. The van der Waals surface area contributed by atoms with Gasteiger partial charge in [-0.3, -0.25) is 9.59 Å². The molecule has 0 bridgehead atoms. The first kappa shape index (κ1) is 22.9. The van der Waals surface area contributed by atoms with E-state index in [0.29, 0.717) is 19.6 Å². The number of quaternary nitrogens is 2. The Morgan fingerprint density at radius 1 is 0.935 bits per heavy atom. The third-order valence-electron chi connectivity index (χ3n) is 5.98. The minimum Gasteiger partial charge on any atom is -0.321 e. The van der Waals surface area contributed by atoms with Crippen LogP contribution in [-0.2, 0) is 9.59 Å². The molecule has 2 aromatic rings. The van der Waals surface area contributed by atoms with Crippen LogP contribution in [0.5, 0.6) is 0 Å². The topological polar surface area (TPSA) is 58.3 Å². The SMILES string of the molecule is CCN(C(=O)C[NH+]1CC[NH+](CC(=O)Nc2c(C)cccc2C)CC1)c1ccc(F)cc1. The van der Waals surface area contributed by atoms with Crippen molar-refractivity contribution in [3.8, 4) is 0 Å². The first-order valence-electron chi connectivity index (χ1n) is 11.0. The fourth-order valence-electron chi connectivity index (χ4n) is 4.17. The zero-order valence-electron chi connectivity index (χ0n) is 18.6. The van der Waals surface area contributed by atoms with Crippen LogP contribution < -0.4 is 20.0 Å². The molecule has 1 aliphatic heterocycles. The first-order chi connectivity index (χ1) is 14.9. The average molecular weight is 429 g/mol. The van der Waals surface area contributed by atoms with Crippen LogP contribution in [0.15, 0.2) is 42.5 Å². The van der Waals surface area contributed by atoms with Gasteiger partial charge in [0, 0.05) is 17.9 Å². The molecule has 2 amide bonds. The average Bonchev–Trinajstić information content (AvgIpc) is 2.74. The van der Waals surface area contributed by atoms with Crippen molar-refractivity contribution in [1.82, 2.24) is 0 Å². The van der Waals surface area contributed by atoms with E-state index in [1.54, 1.807) is 17.0 Å². The van der Waals surface area contributed by atoms with Gasteiger partial charge in [-0.25, -0.2) is 4.39 Å². The second-order valence-electron chi connectivity index (χ2n) is 8.28. The molecule has 6 nitrogen and oxygen atoms in total. The summed E-state index contributed by atoms with van der Waals surface area (Å²) in [6.45, 7) is 10.7. The predicted molar refractivity (Wildman–Crippen MR) is 120 cm³/mol. The number of para-hydroxylation sites is 1. The quantitative estimate of drug-likeness (QED) is 0.591. The number of aryl methyl sites for hydroxylation is 2. The summed E-state index contributed by atoms with van der Waals surface area (Å²) >= 11 is 0. The molecule has 166 valence electrons. The monoisotopic (exact) mass is 428 g/mol. The van der Waals surface area contributed by atoms with Crippen LogP contribution in [-0.4, -0.2) is 57.6 Å². The van der Waals surface area contributed by atoms with Crippen molar-refractivity contribution in [2.24, 2.45) is 0 Å². The molecular formula is C24H33FN4O2+2. The van der Waals surface area contributed by atoms with E-state index in [4.69, 9.17) is 0 Å². The summed E-state index contributed by atoms with van der Waals surface area (Å²) in [4.78, 5) is 29.5. The lowest BCUT2D eigenvalue weighted by atomic mass is 10.1. The van der Waals surface area contributed by atoms with Gasteiger partial charge in [0.2, 0.25) is 0 Å². The molecule has 0 saturated carbocycles. The maximum Gasteiger partial charge on any atom is 0.282 e. The highest BCUT2D eigenvalue weighted by Crippen LogP contribution is 2.19. The summed E-state index contributed by atoms with van der Waals surface area (Å²) in [6, 6.07) is 12.0. The number of hydrogen-bond acceptors (Lipinski definition) is 2. The molecule has 1 heterocycles. The Morgan fingerprint density at radius 2 is 1.48 bits per heavy atom. The molecule has 3 N–H and O–H groups in total. The van der Waals surface area contributed by atoms with Crippen LogP contribution >= 0.6 is 0 Å². The number of carbonyl (C=O) groups excluding carboxylic acids is 2. The van der Waals surface area contributed by atoms with Crippen molar-refractivity contribution < 1.29 is 23.8 Å². The fraction of sp³-hybridized carbons (Fsp3) is 0.417. The molecule has 1 fully saturated rings. The number of benzene rings is 2. The van der Waals surface area contributed by atoms with Crippen LogP contribution in [0.3, 0.4) is 0 Å². The fourth-order valence-corrected chi connectivity index (χ4v) is 4.17. The van der Waals surface area contributed by atoms with Gasteiger partial charge in [0.05, 0.1) is 0 Å². The largest absolute Gasteiger partial charge is 0.321 e. The Labute approximate surface area is 183 Å². The Kier molecular flexibility index (Phi) is 7.76. The van der Waals surface area contributed by atoms with E-state index in [9.17, 15) is 14.0 Å². The van der Waals surface area contributed by atoms with Gasteiger partial charge in [-0.05, 0) is 56.2 Å². The van der Waals surface area contributed by atoms with E-state index in [0.717, 1.165) is 48.7 Å². The first-order valence-corrected chi connectivity index (χ1v) is 11.0. The molecule has 2 aromatic carbocycles. The standard InChI is InChI=1S/C24H31FN4O2/c1-4-29(21-10-8-20(25)9-11-21)23(31)17-28-14-12-27(13-15-28)16-22(30)26-24-18(2)6-5-7-19(24)3/h5-11H,4,12-17H2,1-3H3,(H,26,30)/p+2. The van der Waals surface area contributed by atoms with Gasteiger partial charge < -0.3 is 20.0 Å². The van der Waals surface area contributed by atoms with E-state index in [-0.39, 0.29) is 17.6 Å². The lowest BCUT2D eigenvalue weighted by molar-refractivity contribution is -1.00. The lowest BCUT2D eigenvalue weighted by Crippen LogP contribution is -3.28. The van der Waals surface area contributed by atoms with E-state index in [2.05, 4.69) is 5.32 Å². The number of nitrogens with zero attached hydrogens (tertiary/aromatic N) is 1. The molecule has 31 heavy (non-hydrogen) atoms. The molecule has 3 rings (SSSR count). The Balaban J connectivity index is 1.47. The smallest absolute Gasteiger partial charge is 0.282 e. The Hall–Kier alpha value is -2.77. The number of halogens is 1. The van der Waals surface area contributed by atoms with Gasteiger partial charge in [0.15, 0.2) is 13.1 Å². The van der Waals surface area contributed by atoms with E-state index in [1.807, 2.05) is 39.0 Å². The zero-order valence-corrected chi connectivity index (χ0v) is 18.6. The van der Waals surface area contributed by atoms with E-state index < -0.39 is 0 Å². The summed E-state index contributed by atoms with van der Waals surface area (Å²) in [5, 5.41) is 3.06. The van der Waals surface area contributed by atoms with E-state index in [1.165, 1.54) is 21.9 Å². The zero-order chi connectivity index (χ0) is 22.4. The summed E-state index contributed by atoms with van der Waals surface area (Å²) in [5.74, 6) is -0.237. The van der Waals surface area contributed by atoms with Crippen LogP contribution in [0.4, 0.5) is 15.8 Å². The van der Waals surface area contributed by atoms with Crippen molar-refractivity contribution in [2.75, 3.05) is 56.0 Å².